The quantitative estimate of drug-likeness (QED) is 0.848. The molecule has 1 aliphatic carbocycles. The number of nitrogens with zero attached hydrogens (tertiary/aromatic N) is 1. The maximum Gasteiger partial charge on any atom is 0.144 e. The predicted octanol–water partition coefficient (Wildman–Crippen LogP) is 4.38. The van der Waals surface area contributed by atoms with Crippen LogP contribution in [0, 0.1) is 5.41 Å². The highest BCUT2D eigenvalue weighted by Gasteiger charge is 2.41. The number of anilines is 1. The Morgan fingerprint density at radius 3 is 2.75 bits per heavy atom. The van der Waals surface area contributed by atoms with E-state index < -0.39 is 0 Å². The second-order valence-electron chi connectivity index (χ2n) is 4.59. The Hall–Kier alpha value is -0.470. The highest BCUT2D eigenvalue weighted by molar-refractivity contribution is 6.35. The molecule has 0 spiro atoms. The first-order valence-corrected chi connectivity index (χ1v) is 6.46. The third kappa shape index (κ3) is 2.80. The lowest BCUT2D eigenvalue weighted by atomic mass is 10.0. The summed E-state index contributed by atoms with van der Waals surface area (Å²) in [5.41, 5.74) is 0.499. The molecule has 88 valence electrons. The van der Waals surface area contributed by atoms with E-state index in [0.717, 1.165) is 12.4 Å². The van der Waals surface area contributed by atoms with Crippen LogP contribution in [0.25, 0.3) is 0 Å². The van der Waals surface area contributed by atoms with E-state index in [-0.39, 0.29) is 0 Å². The van der Waals surface area contributed by atoms with Gasteiger partial charge in [-0.15, -0.1) is 0 Å². The average molecular weight is 259 g/mol. The van der Waals surface area contributed by atoms with Gasteiger partial charge in [0.05, 0.1) is 10.0 Å². The van der Waals surface area contributed by atoms with Gasteiger partial charge in [-0.3, -0.25) is 0 Å². The minimum Gasteiger partial charge on any atom is -0.368 e. The summed E-state index contributed by atoms with van der Waals surface area (Å²) in [6.45, 7) is 3.20. The Kier molecular flexibility index (Phi) is 3.60. The van der Waals surface area contributed by atoms with Gasteiger partial charge in [0.25, 0.3) is 0 Å². The van der Waals surface area contributed by atoms with Crippen molar-refractivity contribution in [2.75, 3.05) is 11.9 Å². The van der Waals surface area contributed by atoms with Crippen LogP contribution in [-0.4, -0.2) is 11.5 Å². The summed E-state index contributed by atoms with van der Waals surface area (Å²) in [4.78, 5) is 4.19. The van der Waals surface area contributed by atoms with Gasteiger partial charge in [0.1, 0.15) is 5.82 Å². The molecule has 1 heterocycles. The lowest BCUT2D eigenvalue weighted by Crippen LogP contribution is -2.16. The standard InChI is InChI=1S/C12H16Cl2N2/c1-2-3-12(4-5-12)8-16-11-10(14)6-9(13)7-15-11/h6-7H,2-5,8H2,1H3,(H,15,16). The van der Waals surface area contributed by atoms with Gasteiger partial charge in [-0.05, 0) is 30.7 Å². The van der Waals surface area contributed by atoms with Crippen LogP contribution in [0.1, 0.15) is 32.6 Å². The number of hydrogen-bond acceptors (Lipinski definition) is 2. The zero-order chi connectivity index (χ0) is 11.6. The topological polar surface area (TPSA) is 24.9 Å². The summed E-state index contributed by atoms with van der Waals surface area (Å²) in [7, 11) is 0. The van der Waals surface area contributed by atoms with Gasteiger partial charge in [0.15, 0.2) is 0 Å². The molecule has 1 aromatic heterocycles. The van der Waals surface area contributed by atoms with Crippen LogP contribution < -0.4 is 5.32 Å². The van der Waals surface area contributed by atoms with Gasteiger partial charge in [0.2, 0.25) is 0 Å². The van der Waals surface area contributed by atoms with E-state index in [9.17, 15) is 0 Å². The first-order valence-electron chi connectivity index (χ1n) is 5.70. The second kappa shape index (κ2) is 4.80. The summed E-state index contributed by atoms with van der Waals surface area (Å²) in [5, 5.41) is 4.50. The fraction of sp³-hybridized carbons (Fsp3) is 0.583. The highest BCUT2D eigenvalue weighted by Crippen LogP contribution is 2.49. The molecule has 1 aliphatic rings. The van der Waals surface area contributed by atoms with Crippen molar-refractivity contribution in [2.24, 2.45) is 5.41 Å². The molecule has 16 heavy (non-hydrogen) atoms. The number of pyridine rings is 1. The van der Waals surface area contributed by atoms with E-state index >= 15 is 0 Å². The molecule has 0 aliphatic heterocycles. The molecule has 0 radical (unpaired) electrons. The lowest BCUT2D eigenvalue weighted by Gasteiger charge is -2.15. The predicted molar refractivity (Wildman–Crippen MR) is 69.3 cm³/mol. The largest absolute Gasteiger partial charge is 0.368 e. The molecule has 1 N–H and O–H groups in total. The summed E-state index contributed by atoms with van der Waals surface area (Å²) < 4.78 is 0. The molecule has 1 saturated carbocycles. The summed E-state index contributed by atoms with van der Waals surface area (Å²) in [5.74, 6) is 0.744. The summed E-state index contributed by atoms with van der Waals surface area (Å²) in [6, 6.07) is 1.72. The molecule has 1 aromatic rings. The first kappa shape index (κ1) is 12.0. The van der Waals surface area contributed by atoms with E-state index in [2.05, 4.69) is 17.2 Å². The Morgan fingerprint density at radius 1 is 1.44 bits per heavy atom. The molecule has 0 aromatic carbocycles. The fourth-order valence-electron chi connectivity index (χ4n) is 2.04. The van der Waals surface area contributed by atoms with E-state index in [4.69, 9.17) is 23.2 Å². The van der Waals surface area contributed by atoms with E-state index in [1.165, 1.54) is 25.7 Å². The first-order chi connectivity index (χ1) is 7.65. The lowest BCUT2D eigenvalue weighted by molar-refractivity contribution is 0.485. The molecule has 0 atom stereocenters. The molecule has 0 amide bonds. The van der Waals surface area contributed by atoms with E-state index in [1.807, 2.05) is 0 Å². The van der Waals surface area contributed by atoms with Crippen molar-refractivity contribution in [3.05, 3.63) is 22.3 Å². The van der Waals surface area contributed by atoms with E-state index in [0.29, 0.717) is 15.5 Å². The fourth-order valence-corrected chi connectivity index (χ4v) is 2.49. The monoisotopic (exact) mass is 258 g/mol. The van der Waals surface area contributed by atoms with Crippen LogP contribution in [-0.2, 0) is 0 Å². The van der Waals surface area contributed by atoms with Crippen LogP contribution in [0.5, 0.6) is 0 Å². The molecular weight excluding hydrogens is 243 g/mol. The Morgan fingerprint density at radius 2 is 2.19 bits per heavy atom. The summed E-state index contributed by atoms with van der Waals surface area (Å²) >= 11 is 11.8. The molecule has 1 fully saturated rings. The number of hydrogen-bond donors (Lipinski definition) is 1. The van der Waals surface area contributed by atoms with Crippen LogP contribution in [0.15, 0.2) is 12.3 Å². The molecular formula is C12H16Cl2N2. The molecule has 2 nitrogen and oxygen atoms in total. The Bertz CT molecular complexity index is 375. The number of halogens is 2. The van der Waals surface area contributed by atoms with Crippen molar-refractivity contribution in [1.29, 1.82) is 0 Å². The van der Waals surface area contributed by atoms with Gasteiger partial charge < -0.3 is 5.32 Å². The highest BCUT2D eigenvalue weighted by atomic mass is 35.5. The minimum atomic E-state index is 0.499. The Balaban J connectivity index is 1.94. The van der Waals surface area contributed by atoms with Crippen LogP contribution >= 0.6 is 23.2 Å². The van der Waals surface area contributed by atoms with Crippen LogP contribution in [0.4, 0.5) is 5.82 Å². The van der Waals surface area contributed by atoms with E-state index in [1.54, 1.807) is 12.3 Å². The van der Waals surface area contributed by atoms with Gasteiger partial charge in [-0.1, -0.05) is 36.5 Å². The molecule has 0 unspecified atom stereocenters. The maximum absolute atomic E-state index is 6.05. The number of nitrogens with one attached hydrogen (secondary N) is 1. The van der Waals surface area contributed by atoms with Gasteiger partial charge in [-0.25, -0.2) is 4.98 Å². The number of aromatic nitrogens is 1. The zero-order valence-electron chi connectivity index (χ0n) is 9.39. The Labute approximate surface area is 106 Å². The summed E-state index contributed by atoms with van der Waals surface area (Å²) in [6.07, 6.45) is 6.78. The maximum atomic E-state index is 6.05. The third-order valence-corrected chi connectivity index (χ3v) is 3.67. The number of rotatable bonds is 5. The van der Waals surface area contributed by atoms with Crippen LogP contribution in [0.2, 0.25) is 10.0 Å². The van der Waals surface area contributed by atoms with Gasteiger partial charge in [0, 0.05) is 12.7 Å². The zero-order valence-corrected chi connectivity index (χ0v) is 10.9. The minimum absolute atomic E-state index is 0.499. The average Bonchev–Trinajstić information content (AvgIpc) is 2.98. The van der Waals surface area contributed by atoms with Crippen molar-refractivity contribution in [3.8, 4) is 0 Å². The van der Waals surface area contributed by atoms with Crippen molar-refractivity contribution >= 4 is 29.0 Å². The molecule has 0 bridgehead atoms. The molecule has 2 rings (SSSR count). The van der Waals surface area contributed by atoms with Crippen LogP contribution in [0.3, 0.4) is 0 Å². The molecule has 4 heteroatoms. The third-order valence-electron chi connectivity index (χ3n) is 3.18. The molecule has 0 saturated heterocycles. The van der Waals surface area contributed by atoms with Crippen molar-refractivity contribution in [1.82, 2.24) is 4.98 Å². The second-order valence-corrected chi connectivity index (χ2v) is 5.43. The van der Waals surface area contributed by atoms with Crippen molar-refractivity contribution in [2.45, 2.75) is 32.6 Å². The van der Waals surface area contributed by atoms with Crippen molar-refractivity contribution < 1.29 is 0 Å². The normalized spacial score (nSPS) is 17.2. The van der Waals surface area contributed by atoms with Gasteiger partial charge in [-0.2, -0.15) is 0 Å². The van der Waals surface area contributed by atoms with Gasteiger partial charge >= 0.3 is 0 Å². The van der Waals surface area contributed by atoms with Crippen molar-refractivity contribution in [3.63, 3.8) is 0 Å². The SMILES string of the molecule is CCCC1(CNc2ncc(Cl)cc2Cl)CC1. The smallest absolute Gasteiger partial charge is 0.144 e.